The van der Waals surface area contributed by atoms with E-state index in [-0.39, 0.29) is 12.5 Å². The minimum Gasteiger partial charge on any atom is -0.484 e. The summed E-state index contributed by atoms with van der Waals surface area (Å²) < 4.78 is 5.71. The second-order valence-corrected chi connectivity index (χ2v) is 6.59. The van der Waals surface area contributed by atoms with Crippen LogP contribution in [-0.2, 0) is 24.2 Å². The van der Waals surface area contributed by atoms with Crippen molar-refractivity contribution in [3.8, 4) is 5.75 Å². The van der Waals surface area contributed by atoms with Crippen LogP contribution in [0.3, 0.4) is 0 Å². The Morgan fingerprint density at radius 1 is 1.27 bits per heavy atom. The Labute approximate surface area is 135 Å². The van der Waals surface area contributed by atoms with Gasteiger partial charge in [0.05, 0.1) is 6.54 Å². The molecule has 1 aromatic heterocycles. The molecule has 0 spiro atoms. The van der Waals surface area contributed by atoms with Gasteiger partial charge in [-0.25, -0.2) is 0 Å². The van der Waals surface area contributed by atoms with Crippen molar-refractivity contribution in [1.82, 2.24) is 4.90 Å². The maximum absolute atomic E-state index is 12.3. The second-order valence-electron chi connectivity index (χ2n) is 5.56. The number of likely N-dealkylation sites (N-methyl/N-ethyl adjacent to an activating group) is 1. The zero-order valence-corrected chi connectivity index (χ0v) is 13.7. The lowest BCUT2D eigenvalue weighted by atomic mass is 10.1. The third-order valence-electron chi connectivity index (χ3n) is 4.09. The molecular weight excluding hydrogens is 294 g/mol. The van der Waals surface area contributed by atoms with Gasteiger partial charge in [-0.3, -0.25) is 4.79 Å². The summed E-state index contributed by atoms with van der Waals surface area (Å²) >= 11 is 1.68. The SMILES string of the molecule is CCN(Cc1cccs1)C(=O)COc1ccc2c(c1)CCC2. The van der Waals surface area contributed by atoms with E-state index in [9.17, 15) is 4.79 Å². The minimum atomic E-state index is 0.0383. The Morgan fingerprint density at radius 3 is 2.91 bits per heavy atom. The molecule has 1 amide bonds. The van der Waals surface area contributed by atoms with Crippen LogP contribution in [-0.4, -0.2) is 24.0 Å². The molecule has 0 N–H and O–H groups in total. The molecule has 1 heterocycles. The number of rotatable bonds is 6. The molecule has 4 heteroatoms. The Morgan fingerprint density at radius 2 is 2.14 bits per heavy atom. The molecule has 0 saturated heterocycles. The zero-order chi connectivity index (χ0) is 15.4. The molecule has 1 aromatic carbocycles. The standard InChI is InChI=1S/C18H21NO2S/c1-2-19(12-17-7-4-10-22-17)18(20)13-21-16-9-8-14-5-3-6-15(14)11-16/h4,7-11H,2-3,5-6,12-13H2,1H3. The summed E-state index contributed by atoms with van der Waals surface area (Å²) in [7, 11) is 0. The van der Waals surface area contributed by atoms with Gasteiger partial charge in [-0.1, -0.05) is 12.1 Å². The van der Waals surface area contributed by atoms with Crippen molar-refractivity contribution in [2.75, 3.05) is 13.2 Å². The second kappa shape index (κ2) is 6.97. The highest BCUT2D eigenvalue weighted by Gasteiger charge is 2.15. The lowest BCUT2D eigenvalue weighted by Gasteiger charge is -2.20. The van der Waals surface area contributed by atoms with Crippen molar-refractivity contribution in [1.29, 1.82) is 0 Å². The topological polar surface area (TPSA) is 29.5 Å². The lowest BCUT2D eigenvalue weighted by Crippen LogP contribution is -2.34. The van der Waals surface area contributed by atoms with E-state index in [1.165, 1.54) is 28.8 Å². The van der Waals surface area contributed by atoms with Gasteiger partial charge in [0.15, 0.2) is 6.61 Å². The molecule has 3 nitrogen and oxygen atoms in total. The van der Waals surface area contributed by atoms with Crippen molar-refractivity contribution < 1.29 is 9.53 Å². The Kier molecular flexibility index (Phi) is 4.78. The van der Waals surface area contributed by atoms with E-state index in [4.69, 9.17) is 4.74 Å². The van der Waals surface area contributed by atoms with Crippen molar-refractivity contribution in [2.45, 2.75) is 32.7 Å². The zero-order valence-electron chi connectivity index (χ0n) is 12.9. The predicted octanol–water partition coefficient (Wildman–Crippen LogP) is 3.66. The molecule has 22 heavy (non-hydrogen) atoms. The highest BCUT2D eigenvalue weighted by atomic mass is 32.1. The molecule has 0 unspecified atom stereocenters. The number of amides is 1. The Balaban J connectivity index is 1.56. The number of hydrogen-bond donors (Lipinski definition) is 0. The number of carbonyl (C=O) groups excluding carboxylic acids is 1. The summed E-state index contributed by atoms with van der Waals surface area (Å²) in [5.41, 5.74) is 2.79. The maximum Gasteiger partial charge on any atom is 0.260 e. The van der Waals surface area contributed by atoms with E-state index in [0.29, 0.717) is 13.1 Å². The predicted molar refractivity (Wildman–Crippen MR) is 89.4 cm³/mol. The summed E-state index contributed by atoms with van der Waals surface area (Å²) in [5, 5.41) is 2.04. The van der Waals surface area contributed by atoms with Crippen molar-refractivity contribution in [3.05, 3.63) is 51.7 Å². The normalized spacial score (nSPS) is 13.0. The van der Waals surface area contributed by atoms with Gasteiger partial charge in [0, 0.05) is 11.4 Å². The molecule has 116 valence electrons. The Hall–Kier alpha value is -1.81. The smallest absolute Gasteiger partial charge is 0.260 e. The molecule has 0 bridgehead atoms. The molecule has 0 saturated carbocycles. The largest absolute Gasteiger partial charge is 0.484 e. The van der Waals surface area contributed by atoms with Crippen molar-refractivity contribution >= 4 is 17.2 Å². The molecule has 0 atom stereocenters. The van der Waals surface area contributed by atoms with Gasteiger partial charge in [-0.15, -0.1) is 11.3 Å². The van der Waals surface area contributed by atoms with Gasteiger partial charge >= 0.3 is 0 Å². The molecule has 2 aromatic rings. The van der Waals surface area contributed by atoms with Gasteiger partial charge in [0.2, 0.25) is 0 Å². The number of carbonyl (C=O) groups is 1. The summed E-state index contributed by atoms with van der Waals surface area (Å²) in [4.78, 5) is 15.3. The van der Waals surface area contributed by atoms with Crippen LogP contribution < -0.4 is 4.74 Å². The highest BCUT2D eigenvalue weighted by Crippen LogP contribution is 2.26. The molecule has 0 aliphatic heterocycles. The first-order valence-electron chi connectivity index (χ1n) is 7.81. The van der Waals surface area contributed by atoms with Crippen LogP contribution >= 0.6 is 11.3 Å². The molecule has 1 aliphatic carbocycles. The van der Waals surface area contributed by atoms with E-state index < -0.39 is 0 Å². The lowest BCUT2D eigenvalue weighted by molar-refractivity contribution is -0.133. The fraction of sp³-hybridized carbons (Fsp3) is 0.389. The van der Waals surface area contributed by atoms with Crippen LogP contribution in [0.2, 0.25) is 0 Å². The first-order valence-corrected chi connectivity index (χ1v) is 8.69. The molecule has 0 fully saturated rings. The molecule has 3 rings (SSSR count). The monoisotopic (exact) mass is 315 g/mol. The van der Waals surface area contributed by atoms with E-state index in [1.54, 1.807) is 11.3 Å². The maximum atomic E-state index is 12.3. The van der Waals surface area contributed by atoms with Gasteiger partial charge in [-0.05, 0) is 60.9 Å². The van der Waals surface area contributed by atoms with Gasteiger partial charge in [0.25, 0.3) is 5.91 Å². The number of ether oxygens (including phenoxy) is 1. The van der Waals surface area contributed by atoms with E-state index in [1.807, 2.05) is 29.3 Å². The molecule has 0 radical (unpaired) electrons. The third-order valence-corrected chi connectivity index (χ3v) is 4.95. The van der Waals surface area contributed by atoms with Gasteiger partial charge in [0.1, 0.15) is 5.75 Å². The van der Waals surface area contributed by atoms with Crippen LogP contribution in [0.15, 0.2) is 35.7 Å². The summed E-state index contributed by atoms with van der Waals surface area (Å²) in [6.45, 7) is 3.48. The summed E-state index contributed by atoms with van der Waals surface area (Å²) in [6, 6.07) is 10.3. The van der Waals surface area contributed by atoms with E-state index in [0.717, 1.165) is 12.2 Å². The number of aryl methyl sites for hydroxylation is 2. The fourth-order valence-corrected chi connectivity index (χ4v) is 3.56. The minimum absolute atomic E-state index is 0.0383. The van der Waals surface area contributed by atoms with Crippen LogP contribution in [0.1, 0.15) is 29.3 Å². The van der Waals surface area contributed by atoms with Gasteiger partial charge < -0.3 is 9.64 Å². The third kappa shape index (κ3) is 3.50. The number of hydrogen-bond acceptors (Lipinski definition) is 3. The Bertz CT molecular complexity index is 637. The van der Waals surface area contributed by atoms with Crippen LogP contribution in [0.4, 0.5) is 0 Å². The number of thiophene rings is 1. The summed E-state index contributed by atoms with van der Waals surface area (Å²) in [6.07, 6.45) is 3.51. The van der Waals surface area contributed by atoms with Gasteiger partial charge in [-0.2, -0.15) is 0 Å². The summed E-state index contributed by atoms with van der Waals surface area (Å²) in [5.74, 6) is 0.845. The van der Waals surface area contributed by atoms with Crippen LogP contribution in [0, 0.1) is 0 Å². The van der Waals surface area contributed by atoms with E-state index >= 15 is 0 Å². The molecular formula is C18H21NO2S. The first-order chi connectivity index (χ1) is 10.8. The van der Waals surface area contributed by atoms with Crippen molar-refractivity contribution in [3.63, 3.8) is 0 Å². The van der Waals surface area contributed by atoms with Crippen LogP contribution in [0.5, 0.6) is 5.75 Å². The van der Waals surface area contributed by atoms with Crippen LogP contribution in [0.25, 0.3) is 0 Å². The fourth-order valence-electron chi connectivity index (χ4n) is 2.84. The first kappa shape index (κ1) is 15.1. The van der Waals surface area contributed by atoms with E-state index in [2.05, 4.69) is 18.2 Å². The van der Waals surface area contributed by atoms with Crippen molar-refractivity contribution in [2.24, 2.45) is 0 Å². The highest BCUT2D eigenvalue weighted by molar-refractivity contribution is 7.09. The number of nitrogens with zero attached hydrogens (tertiary/aromatic N) is 1. The average molecular weight is 315 g/mol. The number of fused-ring (bicyclic) bond motifs is 1. The molecule has 1 aliphatic rings. The number of benzene rings is 1. The quantitative estimate of drug-likeness (QED) is 0.814. The average Bonchev–Trinajstić information content (AvgIpc) is 3.20.